The summed E-state index contributed by atoms with van der Waals surface area (Å²) in [5.74, 6) is -0.879. The van der Waals surface area contributed by atoms with Crippen molar-refractivity contribution in [2.24, 2.45) is 17.1 Å². The Labute approximate surface area is 139 Å². The molecule has 3 atom stereocenters. The molecule has 2 saturated heterocycles. The summed E-state index contributed by atoms with van der Waals surface area (Å²) in [4.78, 5) is 26.1. The second-order valence-electron chi connectivity index (χ2n) is 7.04. The van der Waals surface area contributed by atoms with Gasteiger partial charge in [-0.25, -0.2) is 9.82 Å². The molecule has 1 saturated carbocycles. The lowest BCUT2D eigenvalue weighted by Crippen LogP contribution is -2.52. The molecule has 0 bridgehead atoms. The van der Waals surface area contributed by atoms with E-state index < -0.39 is 11.3 Å². The minimum atomic E-state index is -0.986. The van der Waals surface area contributed by atoms with Crippen molar-refractivity contribution in [3.63, 3.8) is 0 Å². The van der Waals surface area contributed by atoms with E-state index in [1.165, 1.54) is 6.07 Å². The van der Waals surface area contributed by atoms with Crippen LogP contribution in [0.5, 0.6) is 0 Å². The molecule has 4 rings (SSSR count). The average molecular weight is 332 g/mol. The lowest BCUT2D eigenvalue weighted by atomic mass is 9.84. The van der Waals surface area contributed by atoms with Crippen LogP contribution in [0, 0.1) is 17.2 Å². The van der Waals surface area contributed by atoms with E-state index in [1.54, 1.807) is 17.0 Å². The number of piperidine rings is 1. The van der Waals surface area contributed by atoms with Crippen molar-refractivity contribution in [3.8, 4) is 0 Å². The Hall–Kier alpha value is -1.99. The van der Waals surface area contributed by atoms with Crippen molar-refractivity contribution in [2.75, 3.05) is 13.1 Å². The van der Waals surface area contributed by atoms with Gasteiger partial charge in [0.15, 0.2) is 0 Å². The molecule has 2 heterocycles. The second kappa shape index (κ2) is 5.53. The van der Waals surface area contributed by atoms with E-state index >= 15 is 0 Å². The Morgan fingerprint density at radius 1 is 1.25 bits per heavy atom. The molecule has 0 spiro atoms. The van der Waals surface area contributed by atoms with Crippen LogP contribution in [0.2, 0.25) is 0 Å². The van der Waals surface area contributed by atoms with Crippen LogP contribution in [-0.4, -0.2) is 35.8 Å². The van der Waals surface area contributed by atoms with Crippen LogP contribution in [-0.2, 0) is 9.59 Å². The van der Waals surface area contributed by atoms with E-state index in [2.05, 4.69) is 10.9 Å². The topological polar surface area (TPSA) is 87.5 Å². The highest BCUT2D eigenvalue weighted by molar-refractivity contribution is 6.07. The quantitative estimate of drug-likeness (QED) is 0.702. The molecular formula is C17H21FN4O2. The van der Waals surface area contributed by atoms with Gasteiger partial charge < -0.3 is 10.6 Å². The van der Waals surface area contributed by atoms with Gasteiger partial charge in [0.25, 0.3) is 0 Å². The van der Waals surface area contributed by atoms with E-state index in [1.807, 2.05) is 6.07 Å². The number of hydrogen-bond donors (Lipinski definition) is 3. The first-order valence-corrected chi connectivity index (χ1v) is 8.38. The molecule has 3 unspecified atom stereocenters. The van der Waals surface area contributed by atoms with Crippen LogP contribution < -0.4 is 16.6 Å². The Morgan fingerprint density at radius 3 is 2.67 bits per heavy atom. The van der Waals surface area contributed by atoms with Crippen LogP contribution in [0.3, 0.4) is 0 Å². The van der Waals surface area contributed by atoms with Crippen molar-refractivity contribution >= 4 is 11.8 Å². The van der Waals surface area contributed by atoms with Crippen LogP contribution in [0.25, 0.3) is 0 Å². The minimum Gasteiger partial charge on any atom is -0.369 e. The Bertz CT molecular complexity index is 691. The number of primary amides is 1. The number of carbonyl (C=O) groups excluding carboxylic acids is 2. The van der Waals surface area contributed by atoms with Gasteiger partial charge in [-0.1, -0.05) is 18.2 Å². The zero-order valence-electron chi connectivity index (χ0n) is 13.3. The molecule has 0 radical (unpaired) electrons. The van der Waals surface area contributed by atoms with Gasteiger partial charge in [-0.15, -0.1) is 0 Å². The van der Waals surface area contributed by atoms with Crippen molar-refractivity contribution < 1.29 is 14.0 Å². The SMILES string of the molecule is NC(=O)C1(C(=O)N2CCC3NNC(c4ccccc4F)C3C2)CC1. The largest absolute Gasteiger partial charge is 0.369 e. The van der Waals surface area contributed by atoms with E-state index in [-0.39, 0.29) is 29.7 Å². The number of carbonyl (C=O) groups is 2. The number of hydrazine groups is 1. The van der Waals surface area contributed by atoms with Gasteiger partial charge in [0.2, 0.25) is 11.8 Å². The molecule has 7 heteroatoms. The first-order chi connectivity index (χ1) is 11.5. The predicted octanol–water partition coefficient (Wildman–Crippen LogP) is 0.457. The molecule has 0 aromatic heterocycles. The van der Waals surface area contributed by atoms with Crippen LogP contribution in [0.15, 0.2) is 24.3 Å². The number of halogens is 1. The smallest absolute Gasteiger partial charge is 0.238 e. The molecule has 24 heavy (non-hydrogen) atoms. The molecule has 3 aliphatic rings. The summed E-state index contributed by atoms with van der Waals surface area (Å²) in [6.45, 7) is 1.09. The van der Waals surface area contributed by atoms with E-state index in [0.717, 1.165) is 6.42 Å². The highest BCUT2D eigenvalue weighted by atomic mass is 19.1. The Kier molecular flexibility index (Phi) is 3.58. The molecule has 1 aromatic rings. The number of nitrogens with one attached hydrogen (secondary N) is 2. The summed E-state index contributed by atoms with van der Waals surface area (Å²) in [7, 11) is 0. The van der Waals surface area contributed by atoms with Crippen LogP contribution in [0.4, 0.5) is 4.39 Å². The molecule has 6 nitrogen and oxygen atoms in total. The van der Waals surface area contributed by atoms with Gasteiger partial charge in [-0.2, -0.15) is 0 Å². The highest BCUT2D eigenvalue weighted by Gasteiger charge is 2.58. The number of fused-ring (bicyclic) bond motifs is 1. The highest BCUT2D eigenvalue weighted by Crippen LogP contribution is 2.48. The van der Waals surface area contributed by atoms with Crippen molar-refractivity contribution in [1.82, 2.24) is 15.8 Å². The molecule has 4 N–H and O–H groups in total. The Morgan fingerprint density at radius 2 is 2.00 bits per heavy atom. The van der Waals surface area contributed by atoms with Crippen molar-refractivity contribution in [2.45, 2.75) is 31.3 Å². The average Bonchev–Trinajstić information content (AvgIpc) is 3.29. The fraction of sp³-hybridized carbons (Fsp3) is 0.529. The first-order valence-electron chi connectivity index (χ1n) is 8.38. The van der Waals surface area contributed by atoms with Gasteiger partial charge in [0.05, 0.1) is 6.04 Å². The Balaban J connectivity index is 1.55. The van der Waals surface area contributed by atoms with Crippen molar-refractivity contribution in [3.05, 3.63) is 35.6 Å². The third-order valence-corrected chi connectivity index (χ3v) is 5.67. The van der Waals surface area contributed by atoms with Crippen LogP contribution >= 0.6 is 0 Å². The number of rotatable bonds is 3. The lowest BCUT2D eigenvalue weighted by Gasteiger charge is -2.37. The summed E-state index contributed by atoms with van der Waals surface area (Å²) < 4.78 is 14.2. The molecule has 128 valence electrons. The number of nitrogens with zero attached hydrogens (tertiary/aromatic N) is 1. The summed E-state index contributed by atoms with van der Waals surface area (Å²) >= 11 is 0. The number of amides is 2. The number of hydrogen-bond acceptors (Lipinski definition) is 4. The maximum atomic E-state index is 14.2. The molecule has 3 fully saturated rings. The van der Waals surface area contributed by atoms with Crippen molar-refractivity contribution in [1.29, 1.82) is 0 Å². The molecule has 1 aliphatic carbocycles. The van der Waals surface area contributed by atoms with Gasteiger partial charge in [0, 0.05) is 30.6 Å². The minimum absolute atomic E-state index is 0.0586. The predicted molar refractivity (Wildman–Crippen MR) is 84.7 cm³/mol. The summed E-state index contributed by atoms with van der Waals surface area (Å²) in [5.41, 5.74) is 11.4. The van der Waals surface area contributed by atoms with Crippen LogP contribution in [0.1, 0.15) is 30.9 Å². The van der Waals surface area contributed by atoms with Gasteiger partial charge in [-0.3, -0.25) is 15.0 Å². The number of benzene rings is 1. The van der Waals surface area contributed by atoms with Gasteiger partial charge in [0.1, 0.15) is 11.2 Å². The fourth-order valence-corrected chi connectivity index (χ4v) is 4.02. The van der Waals surface area contributed by atoms with E-state index in [4.69, 9.17) is 5.73 Å². The number of likely N-dealkylation sites (tertiary alicyclic amines) is 1. The third kappa shape index (κ3) is 2.31. The van der Waals surface area contributed by atoms with E-state index in [9.17, 15) is 14.0 Å². The lowest BCUT2D eigenvalue weighted by molar-refractivity contribution is -0.144. The second-order valence-corrected chi connectivity index (χ2v) is 7.04. The summed E-state index contributed by atoms with van der Waals surface area (Å²) in [6, 6.07) is 6.68. The maximum absolute atomic E-state index is 14.2. The number of nitrogens with two attached hydrogens (primary N) is 1. The molecular weight excluding hydrogens is 311 g/mol. The van der Waals surface area contributed by atoms with Gasteiger partial charge in [-0.05, 0) is 25.3 Å². The monoisotopic (exact) mass is 332 g/mol. The van der Waals surface area contributed by atoms with Gasteiger partial charge >= 0.3 is 0 Å². The standard InChI is InChI=1S/C17H21FN4O2/c18-12-4-2-1-3-10(12)14-11-9-22(8-5-13(11)20-21-14)16(24)17(6-7-17)15(19)23/h1-4,11,13-14,20-21H,5-9H2,(H2,19,23). The summed E-state index contributed by atoms with van der Waals surface area (Å²) in [5, 5.41) is 0. The molecule has 2 aliphatic heterocycles. The third-order valence-electron chi connectivity index (χ3n) is 5.67. The zero-order valence-corrected chi connectivity index (χ0v) is 13.3. The zero-order chi connectivity index (χ0) is 16.9. The normalized spacial score (nSPS) is 30.7. The maximum Gasteiger partial charge on any atom is 0.238 e. The summed E-state index contributed by atoms with van der Waals surface area (Å²) in [6.07, 6.45) is 1.85. The first kappa shape index (κ1) is 15.5. The molecule has 1 aromatic carbocycles. The molecule has 2 amide bonds. The fourth-order valence-electron chi connectivity index (χ4n) is 4.02. The van der Waals surface area contributed by atoms with E-state index in [0.29, 0.717) is 31.5 Å².